The molecule has 90 valence electrons. The van der Waals surface area contributed by atoms with Gasteiger partial charge in [0.1, 0.15) is 0 Å². The molecule has 0 spiro atoms. The largest absolute Gasteiger partial charge is 0.256 e. The Kier molecular flexibility index (Phi) is 2.25. The molecule has 0 saturated carbocycles. The fraction of sp³-hybridized carbons (Fsp3) is 0.0556. The Morgan fingerprint density at radius 2 is 1.68 bits per heavy atom. The Balaban J connectivity index is 2.44. The van der Waals surface area contributed by atoms with Crippen LogP contribution in [0.25, 0.3) is 33.8 Å². The zero-order valence-corrected chi connectivity index (χ0v) is 10.5. The van der Waals surface area contributed by atoms with Crippen LogP contribution in [0.3, 0.4) is 0 Å². The number of hydrogen-bond donors (Lipinski definition) is 0. The van der Waals surface area contributed by atoms with Crippen molar-refractivity contribution in [1.82, 2.24) is 4.98 Å². The molecule has 3 aromatic rings. The summed E-state index contributed by atoms with van der Waals surface area (Å²) in [6.07, 6.45) is 11.7. The summed E-state index contributed by atoms with van der Waals surface area (Å²) in [7, 11) is 0. The third kappa shape index (κ3) is 1.52. The summed E-state index contributed by atoms with van der Waals surface area (Å²) in [5.41, 5.74) is 1.10. The molecule has 19 heavy (non-hydrogen) atoms. The van der Waals surface area contributed by atoms with Crippen LogP contribution >= 0.6 is 0 Å². The van der Waals surface area contributed by atoms with Crippen molar-refractivity contribution < 1.29 is 0 Å². The van der Waals surface area contributed by atoms with Crippen LogP contribution in [0, 0.1) is 0 Å². The predicted octanol–water partition coefficient (Wildman–Crippen LogP) is 2.91. The summed E-state index contributed by atoms with van der Waals surface area (Å²) in [6.45, 7) is 0. The molecule has 0 fully saturated rings. The molecule has 1 nitrogen and oxygen atoms in total. The Labute approximate surface area is 111 Å². The van der Waals surface area contributed by atoms with Crippen LogP contribution in [0.4, 0.5) is 0 Å². The molecule has 1 heteroatoms. The van der Waals surface area contributed by atoms with E-state index in [9.17, 15) is 0 Å². The van der Waals surface area contributed by atoms with Crippen LogP contribution in [0.2, 0.25) is 0 Å². The average Bonchev–Trinajstić information content (AvgIpc) is 2.73. The van der Waals surface area contributed by atoms with Crippen LogP contribution < -0.4 is 10.4 Å². The fourth-order valence-corrected chi connectivity index (χ4v) is 2.88. The summed E-state index contributed by atoms with van der Waals surface area (Å²) in [5, 5.41) is 6.39. The van der Waals surface area contributed by atoms with E-state index in [2.05, 4.69) is 59.6 Å². The summed E-state index contributed by atoms with van der Waals surface area (Å²) < 4.78 is 0. The quantitative estimate of drug-likeness (QED) is 0.553. The molecule has 0 bridgehead atoms. The number of aromatic nitrogens is 1. The Morgan fingerprint density at radius 1 is 0.842 bits per heavy atom. The van der Waals surface area contributed by atoms with Gasteiger partial charge in [0.05, 0.1) is 5.52 Å². The van der Waals surface area contributed by atoms with Gasteiger partial charge in [0.25, 0.3) is 0 Å². The van der Waals surface area contributed by atoms with Crippen LogP contribution in [0.1, 0.15) is 6.42 Å². The number of allylic oxidation sites excluding steroid dienone is 2. The zero-order valence-electron chi connectivity index (χ0n) is 10.5. The molecule has 1 aliphatic carbocycles. The number of benzene rings is 2. The Hall–Kier alpha value is -2.41. The van der Waals surface area contributed by atoms with Crippen molar-refractivity contribution in [2.24, 2.45) is 0 Å². The number of fused-ring (bicyclic) bond motifs is 6. The second kappa shape index (κ2) is 4.06. The summed E-state index contributed by atoms with van der Waals surface area (Å²) in [5.74, 6) is 0. The maximum atomic E-state index is 4.59. The molecular formula is C18H13N. The lowest BCUT2D eigenvalue weighted by Gasteiger charge is -2.05. The molecule has 1 heterocycles. The van der Waals surface area contributed by atoms with Gasteiger partial charge >= 0.3 is 0 Å². The second-order valence-corrected chi connectivity index (χ2v) is 4.81. The van der Waals surface area contributed by atoms with Crippen molar-refractivity contribution in [2.45, 2.75) is 6.42 Å². The minimum Gasteiger partial charge on any atom is -0.256 e. The maximum Gasteiger partial charge on any atom is 0.0786 e. The monoisotopic (exact) mass is 243 g/mol. The van der Waals surface area contributed by atoms with Crippen molar-refractivity contribution in [3.8, 4) is 0 Å². The highest BCUT2D eigenvalue weighted by Crippen LogP contribution is 2.18. The van der Waals surface area contributed by atoms with Crippen molar-refractivity contribution in [2.75, 3.05) is 0 Å². The minimum atomic E-state index is 0.978. The summed E-state index contributed by atoms with van der Waals surface area (Å²) >= 11 is 0. The van der Waals surface area contributed by atoms with Crippen molar-refractivity contribution in [3.63, 3.8) is 0 Å². The van der Waals surface area contributed by atoms with E-state index in [4.69, 9.17) is 0 Å². The molecule has 0 N–H and O–H groups in total. The van der Waals surface area contributed by atoms with E-state index in [0.29, 0.717) is 0 Å². The number of rotatable bonds is 0. The van der Waals surface area contributed by atoms with Gasteiger partial charge in [-0.1, -0.05) is 54.6 Å². The van der Waals surface area contributed by atoms with Gasteiger partial charge in [0, 0.05) is 17.0 Å². The lowest BCUT2D eigenvalue weighted by Crippen LogP contribution is -2.26. The van der Waals surface area contributed by atoms with Crippen LogP contribution in [0.5, 0.6) is 0 Å². The Bertz CT molecular complexity index is 933. The van der Waals surface area contributed by atoms with E-state index in [-0.39, 0.29) is 0 Å². The fourth-order valence-electron chi connectivity index (χ4n) is 2.88. The number of pyridine rings is 1. The molecule has 0 unspecified atom stereocenters. The number of hydrogen-bond acceptors (Lipinski definition) is 1. The molecule has 1 aromatic heterocycles. The lowest BCUT2D eigenvalue weighted by atomic mass is 10.0. The van der Waals surface area contributed by atoms with Crippen molar-refractivity contribution in [1.29, 1.82) is 0 Å². The molecular weight excluding hydrogens is 230 g/mol. The molecule has 0 radical (unpaired) electrons. The van der Waals surface area contributed by atoms with Crippen molar-refractivity contribution >= 4 is 33.8 Å². The first-order chi connectivity index (χ1) is 9.45. The summed E-state index contributed by atoms with van der Waals surface area (Å²) in [6, 6.07) is 12.7. The molecule has 0 atom stereocenters. The predicted molar refractivity (Wildman–Crippen MR) is 81.2 cm³/mol. The van der Waals surface area contributed by atoms with E-state index in [0.717, 1.165) is 11.9 Å². The van der Waals surface area contributed by atoms with Gasteiger partial charge in [0.2, 0.25) is 0 Å². The third-order valence-electron chi connectivity index (χ3n) is 3.72. The molecule has 0 aliphatic heterocycles. The maximum absolute atomic E-state index is 4.59. The smallest absolute Gasteiger partial charge is 0.0786 e. The van der Waals surface area contributed by atoms with Gasteiger partial charge in [-0.25, -0.2) is 0 Å². The Morgan fingerprint density at radius 3 is 2.63 bits per heavy atom. The van der Waals surface area contributed by atoms with Gasteiger partial charge in [0.15, 0.2) is 0 Å². The van der Waals surface area contributed by atoms with Gasteiger partial charge in [-0.15, -0.1) is 0 Å². The van der Waals surface area contributed by atoms with Gasteiger partial charge in [-0.2, -0.15) is 0 Å². The van der Waals surface area contributed by atoms with E-state index < -0.39 is 0 Å². The standard InChI is InChI=1S/C18H13N/c1-2-7-13-14(8-3-1)17-11-6-12-19-18(17)16-10-5-4-9-15(13)16/h1-2,4-12H,3H2. The van der Waals surface area contributed by atoms with Gasteiger partial charge < -0.3 is 0 Å². The SMILES string of the molecule is C1=CCC=c2c(c3ccccc3c3ncccc23)=C1. The molecule has 1 aliphatic rings. The van der Waals surface area contributed by atoms with E-state index >= 15 is 0 Å². The first-order valence-corrected chi connectivity index (χ1v) is 6.58. The van der Waals surface area contributed by atoms with Crippen LogP contribution in [-0.2, 0) is 0 Å². The van der Waals surface area contributed by atoms with E-state index in [1.807, 2.05) is 12.3 Å². The average molecular weight is 243 g/mol. The van der Waals surface area contributed by atoms with Crippen molar-refractivity contribution in [3.05, 3.63) is 65.2 Å². The normalized spacial score (nSPS) is 13.7. The topological polar surface area (TPSA) is 12.9 Å². The highest BCUT2D eigenvalue weighted by Gasteiger charge is 2.05. The van der Waals surface area contributed by atoms with E-state index in [1.54, 1.807) is 0 Å². The molecule has 4 rings (SSSR count). The first kappa shape index (κ1) is 10.5. The lowest BCUT2D eigenvalue weighted by molar-refractivity contribution is 1.41. The van der Waals surface area contributed by atoms with Crippen LogP contribution in [-0.4, -0.2) is 4.98 Å². The summed E-state index contributed by atoms with van der Waals surface area (Å²) in [4.78, 5) is 4.59. The highest BCUT2D eigenvalue weighted by atomic mass is 14.6. The molecule has 2 aromatic carbocycles. The van der Waals surface area contributed by atoms with Gasteiger partial charge in [-0.05, 0) is 28.3 Å². The van der Waals surface area contributed by atoms with E-state index in [1.165, 1.54) is 26.6 Å². The minimum absolute atomic E-state index is 0.978. The molecule has 0 saturated heterocycles. The first-order valence-electron chi connectivity index (χ1n) is 6.58. The molecule has 0 amide bonds. The number of nitrogens with zero attached hydrogens (tertiary/aromatic N) is 1. The highest BCUT2D eigenvalue weighted by molar-refractivity contribution is 6.06. The van der Waals surface area contributed by atoms with Crippen LogP contribution in [0.15, 0.2) is 54.7 Å². The third-order valence-corrected chi connectivity index (χ3v) is 3.72. The second-order valence-electron chi connectivity index (χ2n) is 4.81. The zero-order chi connectivity index (χ0) is 12.7. The van der Waals surface area contributed by atoms with Gasteiger partial charge in [-0.3, -0.25) is 4.98 Å².